The molecule has 1 aliphatic rings. The normalized spacial score (nSPS) is 19.6. The summed E-state index contributed by atoms with van der Waals surface area (Å²) in [6.07, 6.45) is 0.137. The van der Waals surface area contributed by atoms with Crippen molar-refractivity contribution in [3.8, 4) is 6.07 Å². The summed E-state index contributed by atoms with van der Waals surface area (Å²) < 4.78 is 5.63. The van der Waals surface area contributed by atoms with Crippen LogP contribution in [0.4, 0.5) is 5.95 Å². The van der Waals surface area contributed by atoms with Crippen molar-refractivity contribution in [2.75, 3.05) is 38.2 Å². The first-order chi connectivity index (χ1) is 8.72. The van der Waals surface area contributed by atoms with E-state index in [4.69, 9.17) is 10.00 Å². The Morgan fingerprint density at radius 1 is 1.61 bits per heavy atom. The summed E-state index contributed by atoms with van der Waals surface area (Å²) in [5, 5.41) is 12.0. The fourth-order valence-electron chi connectivity index (χ4n) is 2.00. The first kappa shape index (κ1) is 12.7. The smallest absolute Gasteiger partial charge is 0.226 e. The van der Waals surface area contributed by atoms with Crippen LogP contribution in [0.3, 0.4) is 0 Å². The average molecular weight is 247 g/mol. The van der Waals surface area contributed by atoms with Gasteiger partial charge in [-0.15, -0.1) is 0 Å². The highest BCUT2D eigenvalue weighted by Crippen LogP contribution is 2.14. The van der Waals surface area contributed by atoms with Crippen molar-refractivity contribution in [3.05, 3.63) is 17.5 Å². The van der Waals surface area contributed by atoms with Gasteiger partial charge in [-0.25, -0.2) is 9.97 Å². The van der Waals surface area contributed by atoms with Crippen LogP contribution in [0.5, 0.6) is 0 Å². The van der Waals surface area contributed by atoms with Crippen molar-refractivity contribution in [3.63, 3.8) is 0 Å². The van der Waals surface area contributed by atoms with Crippen LogP contribution < -0.4 is 10.2 Å². The Morgan fingerprint density at radius 2 is 2.44 bits per heavy atom. The molecule has 0 bridgehead atoms. The molecule has 6 heteroatoms. The van der Waals surface area contributed by atoms with E-state index in [0.29, 0.717) is 18.2 Å². The molecule has 6 nitrogen and oxygen atoms in total. The maximum absolute atomic E-state index is 8.93. The third-order valence-corrected chi connectivity index (χ3v) is 2.81. The summed E-state index contributed by atoms with van der Waals surface area (Å²) >= 11 is 0. The number of hydrogen-bond donors (Lipinski definition) is 1. The number of aryl methyl sites for hydroxylation is 1. The summed E-state index contributed by atoms with van der Waals surface area (Å²) in [6.45, 7) is 4.83. The third kappa shape index (κ3) is 2.94. The highest BCUT2D eigenvalue weighted by Gasteiger charge is 2.22. The summed E-state index contributed by atoms with van der Waals surface area (Å²) in [6, 6.07) is 3.75. The molecular weight excluding hydrogens is 230 g/mol. The highest BCUT2D eigenvalue weighted by atomic mass is 16.5. The summed E-state index contributed by atoms with van der Waals surface area (Å²) in [5.41, 5.74) is 1.22. The lowest BCUT2D eigenvalue weighted by Gasteiger charge is -2.33. The van der Waals surface area contributed by atoms with E-state index in [1.54, 1.807) is 6.07 Å². The van der Waals surface area contributed by atoms with Gasteiger partial charge in [-0.2, -0.15) is 5.26 Å². The van der Waals surface area contributed by atoms with E-state index in [9.17, 15) is 0 Å². The van der Waals surface area contributed by atoms with Crippen LogP contribution in [-0.2, 0) is 4.74 Å². The number of ether oxygens (including phenoxy) is 1. The van der Waals surface area contributed by atoms with Gasteiger partial charge in [0.2, 0.25) is 5.95 Å². The van der Waals surface area contributed by atoms with Gasteiger partial charge in [-0.1, -0.05) is 0 Å². The average Bonchev–Trinajstić information content (AvgIpc) is 2.39. The summed E-state index contributed by atoms with van der Waals surface area (Å²) in [4.78, 5) is 10.7. The number of morpholine rings is 1. The van der Waals surface area contributed by atoms with Gasteiger partial charge in [0, 0.05) is 25.3 Å². The van der Waals surface area contributed by atoms with Gasteiger partial charge in [-0.3, -0.25) is 0 Å². The molecular formula is C12H17N5O. The van der Waals surface area contributed by atoms with E-state index in [2.05, 4.69) is 26.3 Å². The van der Waals surface area contributed by atoms with Crippen LogP contribution in [0.15, 0.2) is 6.07 Å². The van der Waals surface area contributed by atoms with Gasteiger partial charge >= 0.3 is 0 Å². The Labute approximate surface area is 107 Å². The number of anilines is 1. The van der Waals surface area contributed by atoms with Crippen LogP contribution in [0.2, 0.25) is 0 Å². The first-order valence-electron chi connectivity index (χ1n) is 6.00. The lowest BCUT2D eigenvalue weighted by Crippen LogP contribution is -2.47. The zero-order valence-electron chi connectivity index (χ0n) is 10.7. The minimum absolute atomic E-state index is 0.137. The molecule has 0 spiro atoms. The minimum Gasteiger partial charge on any atom is -0.373 e. The van der Waals surface area contributed by atoms with Gasteiger partial charge < -0.3 is 15.0 Å². The minimum atomic E-state index is 0.137. The molecule has 2 heterocycles. The lowest BCUT2D eigenvalue weighted by atomic mass is 10.2. The standard InChI is InChI=1S/C12H17N5O/c1-9-5-10(6-13)16-12(15-9)17-3-4-18-11(8-17)7-14-2/h5,11,14H,3-4,7-8H2,1-2H3. The summed E-state index contributed by atoms with van der Waals surface area (Å²) in [7, 11) is 1.90. The second kappa shape index (κ2) is 5.76. The molecule has 0 saturated carbocycles. The Bertz CT molecular complexity index is 454. The Morgan fingerprint density at radius 3 is 3.17 bits per heavy atom. The topological polar surface area (TPSA) is 74.1 Å². The lowest BCUT2D eigenvalue weighted by molar-refractivity contribution is 0.0416. The zero-order chi connectivity index (χ0) is 13.0. The number of likely N-dealkylation sites (N-methyl/N-ethyl adjacent to an activating group) is 1. The van der Waals surface area contributed by atoms with E-state index in [1.165, 1.54) is 0 Å². The third-order valence-electron chi connectivity index (χ3n) is 2.81. The predicted octanol–water partition coefficient (Wildman–Crippen LogP) is 0.0813. The number of nitrogens with one attached hydrogen (secondary N) is 1. The summed E-state index contributed by atoms with van der Waals surface area (Å²) in [5.74, 6) is 0.621. The molecule has 1 atom stereocenters. The van der Waals surface area contributed by atoms with Gasteiger partial charge in [0.1, 0.15) is 11.8 Å². The second-order valence-corrected chi connectivity index (χ2v) is 4.30. The van der Waals surface area contributed by atoms with Crippen molar-refractivity contribution in [1.82, 2.24) is 15.3 Å². The van der Waals surface area contributed by atoms with Crippen molar-refractivity contribution >= 4 is 5.95 Å². The fraction of sp³-hybridized carbons (Fsp3) is 0.583. The highest BCUT2D eigenvalue weighted by molar-refractivity contribution is 5.36. The molecule has 0 amide bonds. The van der Waals surface area contributed by atoms with E-state index in [-0.39, 0.29) is 6.10 Å². The van der Waals surface area contributed by atoms with E-state index >= 15 is 0 Å². The van der Waals surface area contributed by atoms with Crippen LogP contribution in [0.25, 0.3) is 0 Å². The molecule has 1 fully saturated rings. The van der Waals surface area contributed by atoms with Crippen LogP contribution in [-0.4, -0.2) is 49.4 Å². The van der Waals surface area contributed by atoms with Crippen molar-refractivity contribution in [2.45, 2.75) is 13.0 Å². The SMILES string of the molecule is CNCC1CN(c2nc(C)cc(C#N)n2)CCO1. The van der Waals surface area contributed by atoms with E-state index < -0.39 is 0 Å². The molecule has 1 aromatic heterocycles. The number of aromatic nitrogens is 2. The first-order valence-corrected chi connectivity index (χ1v) is 6.00. The molecule has 1 saturated heterocycles. The number of nitriles is 1. The van der Waals surface area contributed by atoms with Gasteiger partial charge in [0.15, 0.2) is 0 Å². The van der Waals surface area contributed by atoms with Gasteiger partial charge in [-0.05, 0) is 20.0 Å². The van der Waals surface area contributed by atoms with Gasteiger partial charge in [0.05, 0.1) is 12.7 Å². The Kier molecular flexibility index (Phi) is 4.07. The molecule has 0 radical (unpaired) electrons. The number of nitrogens with zero attached hydrogens (tertiary/aromatic N) is 4. The maximum atomic E-state index is 8.93. The van der Waals surface area contributed by atoms with Crippen LogP contribution in [0.1, 0.15) is 11.4 Å². The van der Waals surface area contributed by atoms with E-state index in [0.717, 1.165) is 25.3 Å². The number of hydrogen-bond acceptors (Lipinski definition) is 6. The van der Waals surface area contributed by atoms with Gasteiger partial charge in [0.25, 0.3) is 0 Å². The van der Waals surface area contributed by atoms with E-state index in [1.807, 2.05) is 14.0 Å². The molecule has 0 aromatic carbocycles. The number of rotatable bonds is 3. The Balaban J connectivity index is 2.15. The molecule has 18 heavy (non-hydrogen) atoms. The van der Waals surface area contributed by atoms with Crippen molar-refractivity contribution in [1.29, 1.82) is 5.26 Å². The molecule has 2 rings (SSSR count). The predicted molar refractivity (Wildman–Crippen MR) is 67.4 cm³/mol. The molecule has 0 aliphatic carbocycles. The van der Waals surface area contributed by atoms with Crippen LogP contribution in [0, 0.1) is 18.3 Å². The van der Waals surface area contributed by atoms with Crippen molar-refractivity contribution < 1.29 is 4.74 Å². The largest absolute Gasteiger partial charge is 0.373 e. The van der Waals surface area contributed by atoms with Crippen molar-refractivity contribution in [2.24, 2.45) is 0 Å². The van der Waals surface area contributed by atoms with Crippen LogP contribution >= 0.6 is 0 Å². The fourth-order valence-corrected chi connectivity index (χ4v) is 2.00. The molecule has 1 N–H and O–H groups in total. The molecule has 1 aliphatic heterocycles. The quantitative estimate of drug-likeness (QED) is 0.815. The maximum Gasteiger partial charge on any atom is 0.226 e. The second-order valence-electron chi connectivity index (χ2n) is 4.30. The zero-order valence-corrected chi connectivity index (χ0v) is 10.7. The Hall–Kier alpha value is -1.71. The monoisotopic (exact) mass is 247 g/mol. The molecule has 96 valence electrons. The molecule has 1 unspecified atom stereocenters. The molecule has 1 aromatic rings.